The van der Waals surface area contributed by atoms with Crippen molar-refractivity contribution < 1.29 is 34.1 Å². The monoisotopic (exact) mass is 417 g/mol. The van der Waals surface area contributed by atoms with E-state index in [1.54, 1.807) is 6.07 Å². The fraction of sp³-hybridized carbons (Fsp3) is 0.429. The minimum absolute atomic E-state index is 0.0179. The molecule has 136 valence electrons. The summed E-state index contributed by atoms with van der Waals surface area (Å²) in [5.74, 6) is -0.556. The van der Waals surface area contributed by atoms with Crippen LogP contribution in [0.25, 0.3) is 0 Å². The molecule has 1 aromatic heterocycles. The molecule has 0 aliphatic carbocycles. The third-order valence-electron chi connectivity index (χ3n) is 3.62. The van der Waals surface area contributed by atoms with Crippen molar-refractivity contribution >= 4 is 34.1 Å². The van der Waals surface area contributed by atoms with Gasteiger partial charge in [-0.3, -0.25) is 4.90 Å². The van der Waals surface area contributed by atoms with Crippen LogP contribution in [0.15, 0.2) is 16.6 Å². The van der Waals surface area contributed by atoms with Crippen molar-refractivity contribution in [3.8, 4) is 5.88 Å². The summed E-state index contributed by atoms with van der Waals surface area (Å²) in [5.41, 5.74) is 0.0339. The number of methoxy groups -OCH3 is 1. The van der Waals surface area contributed by atoms with Crippen LogP contribution in [0, 0.1) is 0 Å². The van der Waals surface area contributed by atoms with E-state index in [4.69, 9.17) is 9.84 Å². The minimum Gasteiger partial charge on any atom is -0.475 e. The van der Waals surface area contributed by atoms with E-state index in [0.717, 1.165) is 9.80 Å². The normalized spacial score (nSPS) is 17.1. The largest absolute Gasteiger partial charge is 0.475 e. The topological polar surface area (TPSA) is 130 Å². The third-order valence-corrected chi connectivity index (χ3v) is 4.22. The Morgan fingerprint density at radius 1 is 1.28 bits per heavy atom. The molecule has 1 saturated heterocycles. The van der Waals surface area contributed by atoms with Crippen molar-refractivity contribution in [1.82, 2.24) is 14.8 Å². The molecule has 1 aliphatic rings. The van der Waals surface area contributed by atoms with Crippen LogP contribution < -0.4 is 4.74 Å². The van der Waals surface area contributed by atoms with Crippen molar-refractivity contribution in [2.45, 2.75) is 6.04 Å². The van der Waals surface area contributed by atoms with Gasteiger partial charge < -0.3 is 24.6 Å². The number of carbonyl (C=O) groups is 3. The molecule has 1 aliphatic heterocycles. The highest BCUT2D eigenvalue weighted by molar-refractivity contribution is 9.10. The lowest BCUT2D eigenvalue weighted by molar-refractivity contribution is 0.0452. The number of carboxylic acid groups (broad SMARTS) is 2. The van der Waals surface area contributed by atoms with Crippen LogP contribution in [0.3, 0.4) is 0 Å². The van der Waals surface area contributed by atoms with Crippen LogP contribution >= 0.6 is 15.9 Å². The molecule has 0 bridgehead atoms. The Morgan fingerprint density at radius 3 is 2.60 bits per heavy atom. The van der Waals surface area contributed by atoms with Gasteiger partial charge in [0.05, 0.1) is 17.6 Å². The predicted molar refractivity (Wildman–Crippen MR) is 86.9 cm³/mol. The van der Waals surface area contributed by atoms with Crippen LogP contribution in [-0.2, 0) is 4.74 Å². The second-order valence-corrected chi connectivity index (χ2v) is 6.00. The van der Waals surface area contributed by atoms with Crippen LogP contribution in [0.1, 0.15) is 10.5 Å². The standard InChI is InChI=1S/C14H16BrN3O7/c1-24-12(19)10-3-2-9(15)11(16-10)25-7-8-6-17(13(20)21)4-5-18(8)14(22)23/h2-3,8H,4-7H2,1H3,(H,20,21)(H,22,23). The summed E-state index contributed by atoms with van der Waals surface area (Å²) >= 11 is 3.23. The second kappa shape index (κ2) is 8.01. The van der Waals surface area contributed by atoms with E-state index in [1.807, 2.05) is 0 Å². The zero-order chi connectivity index (χ0) is 18.6. The first-order chi connectivity index (χ1) is 11.8. The molecule has 1 atom stereocenters. The van der Waals surface area contributed by atoms with Crippen molar-refractivity contribution in [3.63, 3.8) is 0 Å². The van der Waals surface area contributed by atoms with Crippen molar-refractivity contribution in [1.29, 1.82) is 0 Å². The molecule has 1 fully saturated rings. The third kappa shape index (κ3) is 4.50. The van der Waals surface area contributed by atoms with Gasteiger partial charge in [-0.25, -0.2) is 19.4 Å². The van der Waals surface area contributed by atoms with E-state index in [-0.39, 0.29) is 37.8 Å². The Labute approximate surface area is 151 Å². The lowest BCUT2D eigenvalue weighted by Gasteiger charge is -2.38. The van der Waals surface area contributed by atoms with Crippen molar-refractivity contribution in [3.05, 3.63) is 22.3 Å². The zero-order valence-corrected chi connectivity index (χ0v) is 14.8. The molecule has 10 nitrogen and oxygen atoms in total. The van der Waals surface area contributed by atoms with Gasteiger partial charge in [0, 0.05) is 19.6 Å². The van der Waals surface area contributed by atoms with E-state index in [9.17, 15) is 19.5 Å². The summed E-state index contributed by atoms with van der Waals surface area (Å²) in [6, 6.07) is 2.30. The van der Waals surface area contributed by atoms with Gasteiger partial charge in [0.1, 0.15) is 6.61 Å². The molecular weight excluding hydrogens is 402 g/mol. The Bertz CT molecular complexity index is 684. The number of pyridine rings is 1. The molecule has 2 heterocycles. The minimum atomic E-state index is -1.16. The van der Waals surface area contributed by atoms with Gasteiger partial charge in [0.25, 0.3) is 0 Å². The molecule has 0 radical (unpaired) electrons. The maximum atomic E-state index is 11.5. The number of ether oxygens (including phenoxy) is 2. The van der Waals surface area contributed by atoms with Crippen LogP contribution in [0.2, 0.25) is 0 Å². The van der Waals surface area contributed by atoms with Gasteiger partial charge in [-0.15, -0.1) is 0 Å². The number of aromatic nitrogens is 1. The first-order valence-electron chi connectivity index (χ1n) is 7.18. The van der Waals surface area contributed by atoms with Crippen LogP contribution in [-0.4, -0.2) is 82.5 Å². The molecule has 2 N–H and O–H groups in total. The van der Waals surface area contributed by atoms with Crippen molar-refractivity contribution in [2.24, 2.45) is 0 Å². The molecule has 0 saturated carbocycles. The van der Waals surface area contributed by atoms with Crippen LogP contribution in [0.5, 0.6) is 5.88 Å². The van der Waals surface area contributed by atoms with E-state index >= 15 is 0 Å². The summed E-state index contributed by atoms with van der Waals surface area (Å²) in [6.07, 6.45) is -2.28. The maximum Gasteiger partial charge on any atom is 0.407 e. The number of carbonyl (C=O) groups excluding carboxylic acids is 1. The summed E-state index contributed by atoms with van der Waals surface area (Å²) in [5, 5.41) is 18.3. The number of hydrogen-bond donors (Lipinski definition) is 2. The number of halogens is 1. The quantitative estimate of drug-likeness (QED) is 0.702. The number of rotatable bonds is 4. The van der Waals surface area contributed by atoms with Gasteiger partial charge in [-0.2, -0.15) is 0 Å². The summed E-state index contributed by atoms with van der Waals surface area (Å²) in [7, 11) is 1.22. The average molecular weight is 418 g/mol. The Balaban J connectivity index is 2.12. The summed E-state index contributed by atoms with van der Waals surface area (Å²) in [6.45, 7) is 0.00656. The first-order valence-corrected chi connectivity index (χ1v) is 7.98. The zero-order valence-electron chi connectivity index (χ0n) is 13.2. The van der Waals surface area contributed by atoms with Crippen molar-refractivity contribution in [2.75, 3.05) is 33.4 Å². The van der Waals surface area contributed by atoms with Gasteiger partial charge in [-0.05, 0) is 28.1 Å². The highest BCUT2D eigenvalue weighted by Gasteiger charge is 2.33. The molecule has 1 unspecified atom stereocenters. The number of piperazine rings is 1. The Kier molecular flexibility index (Phi) is 6.02. The van der Waals surface area contributed by atoms with E-state index in [2.05, 4.69) is 25.7 Å². The molecule has 0 spiro atoms. The molecule has 2 rings (SSSR count). The lowest BCUT2D eigenvalue weighted by atomic mass is 10.2. The average Bonchev–Trinajstić information content (AvgIpc) is 2.59. The maximum absolute atomic E-state index is 11.5. The van der Waals surface area contributed by atoms with E-state index in [1.165, 1.54) is 13.2 Å². The highest BCUT2D eigenvalue weighted by atomic mass is 79.9. The first kappa shape index (κ1) is 18.8. The number of hydrogen-bond acceptors (Lipinski definition) is 6. The molecule has 0 aromatic carbocycles. The number of amides is 2. The highest BCUT2D eigenvalue weighted by Crippen LogP contribution is 2.24. The Morgan fingerprint density at radius 2 is 2.00 bits per heavy atom. The fourth-order valence-corrected chi connectivity index (χ4v) is 2.68. The number of esters is 1. The molecule has 25 heavy (non-hydrogen) atoms. The summed E-state index contributed by atoms with van der Waals surface area (Å²) in [4.78, 5) is 40.2. The fourth-order valence-electron chi connectivity index (χ4n) is 2.34. The van der Waals surface area contributed by atoms with E-state index < -0.39 is 24.2 Å². The molecule has 11 heteroatoms. The van der Waals surface area contributed by atoms with Crippen LogP contribution in [0.4, 0.5) is 9.59 Å². The predicted octanol–water partition coefficient (Wildman–Crippen LogP) is 1.35. The van der Waals surface area contributed by atoms with Gasteiger partial charge >= 0.3 is 18.2 Å². The molecule has 1 aromatic rings. The van der Waals surface area contributed by atoms with Gasteiger partial charge in [-0.1, -0.05) is 0 Å². The smallest absolute Gasteiger partial charge is 0.407 e. The van der Waals surface area contributed by atoms with E-state index in [0.29, 0.717) is 4.47 Å². The summed E-state index contributed by atoms with van der Waals surface area (Å²) < 4.78 is 10.6. The molecular formula is C14H16BrN3O7. The number of nitrogens with zero attached hydrogens (tertiary/aromatic N) is 3. The SMILES string of the molecule is COC(=O)c1ccc(Br)c(OCC2CN(C(=O)O)CCN2C(=O)O)n1. The van der Waals surface area contributed by atoms with Gasteiger partial charge in [0.15, 0.2) is 5.69 Å². The second-order valence-electron chi connectivity index (χ2n) is 5.14. The Hall–Kier alpha value is -2.56. The lowest BCUT2D eigenvalue weighted by Crippen LogP contribution is -2.58. The van der Waals surface area contributed by atoms with Gasteiger partial charge in [0.2, 0.25) is 5.88 Å². The molecule has 2 amide bonds.